The van der Waals surface area contributed by atoms with Crippen LogP contribution in [0, 0.1) is 6.92 Å². The highest BCUT2D eigenvalue weighted by atomic mass is 32.2. The average Bonchev–Trinajstić information content (AvgIpc) is 2.76. The lowest BCUT2D eigenvalue weighted by molar-refractivity contribution is 0.0597. The molecule has 94 valence electrons. The third kappa shape index (κ3) is 2.36. The lowest BCUT2D eigenvalue weighted by Gasteiger charge is -2.09. The predicted molar refractivity (Wildman–Crippen MR) is 69.8 cm³/mol. The first-order valence-corrected chi connectivity index (χ1v) is 6.14. The van der Waals surface area contributed by atoms with Crippen molar-refractivity contribution in [2.75, 3.05) is 12.8 Å². The first-order chi connectivity index (χ1) is 8.63. The number of nitrogens with two attached hydrogens (primary N) is 1. The molecule has 4 nitrogen and oxygen atoms in total. The number of hydrogen-bond acceptors (Lipinski definition) is 5. The quantitative estimate of drug-likeness (QED) is 0.681. The SMILES string of the molecule is COC(=O)c1cccc(N)c1Sc1ccoc1C. The van der Waals surface area contributed by atoms with E-state index in [4.69, 9.17) is 14.9 Å². The van der Waals surface area contributed by atoms with Gasteiger partial charge in [-0.15, -0.1) is 0 Å². The highest BCUT2D eigenvalue weighted by Gasteiger charge is 2.16. The summed E-state index contributed by atoms with van der Waals surface area (Å²) in [5.41, 5.74) is 6.93. The molecule has 0 unspecified atom stereocenters. The van der Waals surface area contributed by atoms with Gasteiger partial charge in [-0.05, 0) is 25.1 Å². The Morgan fingerprint density at radius 2 is 2.17 bits per heavy atom. The maximum atomic E-state index is 11.7. The zero-order valence-electron chi connectivity index (χ0n) is 10.1. The number of carbonyl (C=O) groups excluding carboxylic acids is 1. The van der Waals surface area contributed by atoms with Crippen molar-refractivity contribution in [1.82, 2.24) is 0 Å². The van der Waals surface area contributed by atoms with E-state index in [1.807, 2.05) is 13.0 Å². The van der Waals surface area contributed by atoms with E-state index in [1.54, 1.807) is 24.5 Å². The molecule has 1 aromatic heterocycles. The van der Waals surface area contributed by atoms with E-state index >= 15 is 0 Å². The molecular formula is C13H13NO3S. The smallest absolute Gasteiger partial charge is 0.339 e. The number of rotatable bonds is 3. The van der Waals surface area contributed by atoms with Crippen LogP contribution in [0.15, 0.2) is 44.7 Å². The van der Waals surface area contributed by atoms with Gasteiger partial charge in [0.2, 0.25) is 0 Å². The van der Waals surface area contributed by atoms with Crippen molar-refractivity contribution >= 4 is 23.4 Å². The molecule has 0 fully saturated rings. The Bertz CT molecular complexity index is 577. The fourth-order valence-corrected chi connectivity index (χ4v) is 2.51. The van der Waals surface area contributed by atoms with Crippen molar-refractivity contribution in [2.45, 2.75) is 16.7 Å². The third-order valence-electron chi connectivity index (χ3n) is 2.47. The molecule has 0 spiro atoms. The molecule has 0 aliphatic carbocycles. The summed E-state index contributed by atoms with van der Waals surface area (Å²) in [6.45, 7) is 1.86. The molecule has 0 radical (unpaired) electrons. The molecule has 2 N–H and O–H groups in total. The van der Waals surface area contributed by atoms with Gasteiger partial charge in [-0.3, -0.25) is 0 Å². The molecule has 0 bridgehead atoms. The Morgan fingerprint density at radius 3 is 2.78 bits per heavy atom. The minimum absolute atomic E-state index is 0.397. The van der Waals surface area contributed by atoms with Gasteiger partial charge in [0.1, 0.15) is 5.76 Å². The molecule has 0 aliphatic rings. The minimum Gasteiger partial charge on any atom is -0.468 e. The highest BCUT2D eigenvalue weighted by Crippen LogP contribution is 2.37. The van der Waals surface area contributed by atoms with E-state index < -0.39 is 5.97 Å². The predicted octanol–water partition coefficient (Wildman–Crippen LogP) is 3.11. The first kappa shape index (κ1) is 12.6. The number of benzene rings is 1. The molecule has 2 aromatic rings. The summed E-state index contributed by atoms with van der Waals surface area (Å²) >= 11 is 1.40. The zero-order chi connectivity index (χ0) is 13.1. The molecular weight excluding hydrogens is 250 g/mol. The van der Waals surface area contributed by atoms with Crippen molar-refractivity contribution in [2.24, 2.45) is 0 Å². The van der Waals surface area contributed by atoms with Gasteiger partial charge in [-0.1, -0.05) is 17.8 Å². The van der Waals surface area contributed by atoms with Gasteiger partial charge in [0.05, 0.1) is 23.8 Å². The molecule has 0 aliphatic heterocycles. The second-order valence-corrected chi connectivity index (χ2v) is 4.71. The number of ether oxygens (including phenoxy) is 1. The van der Waals surface area contributed by atoms with Crippen LogP contribution in [-0.2, 0) is 4.74 Å². The van der Waals surface area contributed by atoms with Crippen LogP contribution in [0.3, 0.4) is 0 Å². The van der Waals surface area contributed by atoms with E-state index in [1.165, 1.54) is 18.9 Å². The number of hydrogen-bond donors (Lipinski definition) is 1. The molecule has 0 saturated carbocycles. The van der Waals surface area contributed by atoms with Gasteiger partial charge >= 0.3 is 5.97 Å². The number of nitrogen functional groups attached to an aromatic ring is 1. The monoisotopic (exact) mass is 263 g/mol. The maximum Gasteiger partial charge on any atom is 0.339 e. The topological polar surface area (TPSA) is 65.5 Å². The van der Waals surface area contributed by atoms with Crippen LogP contribution >= 0.6 is 11.8 Å². The van der Waals surface area contributed by atoms with Crippen LogP contribution in [-0.4, -0.2) is 13.1 Å². The van der Waals surface area contributed by atoms with Crippen molar-refractivity contribution in [3.63, 3.8) is 0 Å². The van der Waals surface area contributed by atoms with Gasteiger partial charge in [0.25, 0.3) is 0 Å². The molecule has 18 heavy (non-hydrogen) atoms. The van der Waals surface area contributed by atoms with Crippen LogP contribution in [0.4, 0.5) is 5.69 Å². The summed E-state index contributed by atoms with van der Waals surface area (Å²) in [4.78, 5) is 13.3. The van der Waals surface area contributed by atoms with Gasteiger partial charge in [0, 0.05) is 10.6 Å². The lowest BCUT2D eigenvalue weighted by Crippen LogP contribution is -2.05. The van der Waals surface area contributed by atoms with Gasteiger partial charge in [0.15, 0.2) is 0 Å². The second kappa shape index (κ2) is 5.18. The lowest BCUT2D eigenvalue weighted by atomic mass is 10.2. The highest BCUT2D eigenvalue weighted by molar-refractivity contribution is 7.99. The number of esters is 1. The van der Waals surface area contributed by atoms with Crippen LogP contribution in [0.25, 0.3) is 0 Å². The Morgan fingerprint density at radius 1 is 1.39 bits per heavy atom. The van der Waals surface area contributed by atoms with Gasteiger partial charge < -0.3 is 14.9 Å². The summed E-state index contributed by atoms with van der Waals surface area (Å²) < 4.78 is 9.98. The molecule has 0 saturated heterocycles. The number of methoxy groups -OCH3 is 1. The molecule has 1 heterocycles. The average molecular weight is 263 g/mol. The van der Waals surface area contributed by atoms with Crippen molar-refractivity contribution in [3.05, 3.63) is 41.9 Å². The largest absolute Gasteiger partial charge is 0.468 e. The van der Waals surface area contributed by atoms with E-state index in [-0.39, 0.29) is 0 Å². The van der Waals surface area contributed by atoms with Crippen molar-refractivity contribution in [1.29, 1.82) is 0 Å². The molecule has 0 amide bonds. The van der Waals surface area contributed by atoms with Crippen molar-refractivity contribution in [3.8, 4) is 0 Å². The Hall–Kier alpha value is -1.88. The summed E-state index contributed by atoms with van der Waals surface area (Å²) in [5.74, 6) is 0.394. The number of carbonyl (C=O) groups is 1. The minimum atomic E-state index is -0.397. The van der Waals surface area contributed by atoms with Crippen molar-refractivity contribution < 1.29 is 13.9 Å². The normalized spacial score (nSPS) is 10.3. The summed E-state index contributed by atoms with van der Waals surface area (Å²) in [5, 5.41) is 0. The Kier molecular flexibility index (Phi) is 3.62. The number of furan rings is 1. The fraction of sp³-hybridized carbons (Fsp3) is 0.154. The van der Waals surface area contributed by atoms with Crippen LogP contribution < -0.4 is 5.73 Å². The Labute approximate surface area is 109 Å². The van der Waals surface area contributed by atoms with Crippen LogP contribution in [0.1, 0.15) is 16.1 Å². The van der Waals surface area contributed by atoms with E-state index in [0.29, 0.717) is 16.1 Å². The van der Waals surface area contributed by atoms with Crippen LogP contribution in [0.5, 0.6) is 0 Å². The molecule has 5 heteroatoms. The summed E-state index contributed by atoms with van der Waals surface area (Å²) in [6.07, 6.45) is 1.61. The standard InChI is InChI=1S/C13H13NO3S/c1-8-11(6-7-17-8)18-12-9(13(15)16-2)4-3-5-10(12)14/h3-7H,14H2,1-2H3. The number of anilines is 1. The summed E-state index contributed by atoms with van der Waals surface area (Å²) in [7, 11) is 1.35. The molecule has 2 rings (SSSR count). The third-order valence-corrected chi connectivity index (χ3v) is 3.78. The maximum absolute atomic E-state index is 11.7. The van der Waals surface area contributed by atoms with Gasteiger partial charge in [-0.2, -0.15) is 0 Å². The van der Waals surface area contributed by atoms with E-state index in [2.05, 4.69) is 0 Å². The summed E-state index contributed by atoms with van der Waals surface area (Å²) in [6, 6.07) is 7.02. The second-order valence-electron chi connectivity index (χ2n) is 3.66. The number of aryl methyl sites for hydroxylation is 1. The Balaban J connectivity index is 2.43. The molecule has 0 atom stereocenters. The zero-order valence-corrected chi connectivity index (χ0v) is 10.9. The van der Waals surface area contributed by atoms with Crippen LogP contribution in [0.2, 0.25) is 0 Å². The van der Waals surface area contributed by atoms with Gasteiger partial charge in [-0.25, -0.2) is 4.79 Å². The first-order valence-electron chi connectivity index (χ1n) is 5.32. The van der Waals surface area contributed by atoms with E-state index in [0.717, 1.165) is 10.7 Å². The molecule has 1 aromatic carbocycles. The fourth-order valence-electron chi connectivity index (χ4n) is 1.53. The van der Waals surface area contributed by atoms with E-state index in [9.17, 15) is 4.79 Å².